The minimum Gasteiger partial charge on any atom is -0.374 e. The van der Waals surface area contributed by atoms with Crippen molar-refractivity contribution >= 4 is 22.9 Å². The van der Waals surface area contributed by atoms with Crippen LogP contribution >= 0.6 is 11.6 Å². The lowest BCUT2D eigenvalue weighted by atomic mass is 9.94. The fraction of sp³-hybridized carbons (Fsp3) is 0.500. The van der Waals surface area contributed by atoms with Crippen LogP contribution in [-0.4, -0.2) is 48.7 Å². The van der Waals surface area contributed by atoms with E-state index in [4.69, 9.17) is 16.6 Å². The normalized spacial score (nSPS) is 24.0. The van der Waals surface area contributed by atoms with Gasteiger partial charge in [-0.05, 0) is 76.0 Å². The van der Waals surface area contributed by atoms with E-state index in [-0.39, 0.29) is 0 Å². The van der Waals surface area contributed by atoms with Gasteiger partial charge in [0.25, 0.3) is 0 Å². The summed E-state index contributed by atoms with van der Waals surface area (Å²) in [6, 6.07) is 8.81. The summed E-state index contributed by atoms with van der Waals surface area (Å²) in [6.45, 7) is 8.99. The minimum absolute atomic E-state index is 0.341. The van der Waals surface area contributed by atoms with Crippen LogP contribution in [0.2, 0.25) is 5.02 Å². The van der Waals surface area contributed by atoms with Crippen molar-refractivity contribution in [2.24, 2.45) is 10.9 Å². The number of piperidine rings is 1. The summed E-state index contributed by atoms with van der Waals surface area (Å²) < 4.78 is 0. The Bertz CT molecular complexity index is 840. The highest BCUT2D eigenvalue weighted by atomic mass is 35.5. The van der Waals surface area contributed by atoms with Crippen LogP contribution in [0.4, 0.5) is 0 Å². The van der Waals surface area contributed by atoms with Gasteiger partial charge in [0.15, 0.2) is 0 Å². The number of nitrogens with zero attached hydrogens (tertiary/aromatic N) is 3. The fourth-order valence-corrected chi connectivity index (χ4v) is 4.61. The first-order valence-electron chi connectivity index (χ1n) is 11.3. The molecular weight excluding hydrogens is 390 g/mol. The zero-order chi connectivity index (χ0) is 21.7. The van der Waals surface area contributed by atoms with Gasteiger partial charge in [0.1, 0.15) is 0 Å². The molecule has 1 heterocycles. The highest BCUT2D eigenvalue weighted by Crippen LogP contribution is 2.39. The summed E-state index contributed by atoms with van der Waals surface area (Å²) in [4.78, 5) is 9.90. The van der Waals surface area contributed by atoms with Crippen LogP contribution in [0.15, 0.2) is 58.9 Å². The highest BCUT2D eigenvalue weighted by Gasteiger charge is 2.32. The van der Waals surface area contributed by atoms with Crippen molar-refractivity contribution in [1.29, 1.82) is 0 Å². The molecule has 30 heavy (non-hydrogen) atoms. The van der Waals surface area contributed by atoms with E-state index in [9.17, 15) is 0 Å². The molecule has 0 saturated carbocycles. The summed E-state index contributed by atoms with van der Waals surface area (Å²) in [5, 5.41) is 0.773. The third-order valence-electron chi connectivity index (χ3n) is 6.52. The molecule has 0 radical (unpaired) electrons. The minimum atomic E-state index is 0.341. The Morgan fingerprint density at radius 1 is 1.20 bits per heavy atom. The molecular formula is C26H36ClN3. The van der Waals surface area contributed by atoms with Gasteiger partial charge in [0, 0.05) is 41.5 Å². The van der Waals surface area contributed by atoms with E-state index in [1.807, 2.05) is 18.3 Å². The Kier molecular flexibility index (Phi) is 7.96. The van der Waals surface area contributed by atoms with E-state index in [0.29, 0.717) is 12.0 Å². The Balaban J connectivity index is 2.05. The molecule has 1 aromatic carbocycles. The molecule has 0 N–H and O–H groups in total. The zero-order valence-corrected chi connectivity index (χ0v) is 19.9. The molecule has 1 aliphatic heterocycles. The maximum atomic E-state index is 6.17. The maximum absolute atomic E-state index is 6.17. The molecule has 1 aromatic rings. The van der Waals surface area contributed by atoms with Crippen molar-refractivity contribution in [1.82, 2.24) is 9.80 Å². The first-order valence-corrected chi connectivity index (χ1v) is 11.7. The Hall–Kier alpha value is -1.84. The number of benzene rings is 1. The second-order valence-electron chi connectivity index (χ2n) is 8.52. The fourth-order valence-electron chi connectivity index (χ4n) is 4.48. The molecule has 0 bridgehead atoms. The number of rotatable bonds is 6. The van der Waals surface area contributed by atoms with Gasteiger partial charge >= 0.3 is 0 Å². The van der Waals surface area contributed by atoms with E-state index in [1.165, 1.54) is 41.0 Å². The lowest BCUT2D eigenvalue weighted by molar-refractivity contribution is 0.170. The Labute approximate surface area is 187 Å². The van der Waals surface area contributed by atoms with Gasteiger partial charge in [0.2, 0.25) is 0 Å². The number of halogens is 1. The number of allylic oxidation sites excluding steroid dienone is 5. The van der Waals surface area contributed by atoms with Crippen LogP contribution < -0.4 is 0 Å². The molecule has 0 aromatic heterocycles. The molecule has 1 saturated heterocycles. The second kappa shape index (κ2) is 10.5. The monoisotopic (exact) mass is 425 g/mol. The molecule has 3 nitrogen and oxygen atoms in total. The van der Waals surface area contributed by atoms with Crippen molar-refractivity contribution in [3.8, 4) is 0 Å². The standard InChI is InChI=1S/C26H36ClN3/c1-6-8-15-28-26-20(7-2)18-24(21-9-11-22(27)12-10-21)25(26)19(3)30(5)23-13-16-29(4)17-14-23/h8-12,15,18,20,23H,6-7,13-14,16-17H2,1-5H3/b15-8+,25-19+,28-26-. The summed E-state index contributed by atoms with van der Waals surface area (Å²) in [5.74, 6) is 0.341. The topological polar surface area (TPSA) is 18.8 Å². The predicted molar refractivity (Wildman–Crippen MR) is 131 cm³/mol. The Morgan fingerprint density at radius 3 is 2.47 bits per heavy atom. The molecule has 1 atom stereocenters. The molecule has 162 valence electrons. The van der Waals surface area contributed by atoms with Gasteiger partial charge in [-0.1, -0.05) is 49.7 Å². The van der Waals surface area contributed by atoms with Gasteiger partial charge in [-0.25, -0.2) is 0 Å². The van der Waals surface area contributed by atoms with Gasteiger partial charge in [-0.3, -0.25) is 4.99 Å². The summed E-state index contributed by atoms with van der Waals surface area (Å²) in [5.41, 5.74) is 6.33. The number of hydrogen-bond donors (Lipinski definition) is 0. The smallest absolute Gasteiger partial charge is 0.0567 e. The molecule has 1 fully saturated rings. The number of hydrogen-bond acceptors (Lipinski definition) is 3. The third kappa shape index (κ3) is 5.07. The van der Waals surface area contributed by atoms with Crippen LogP contribution in [0.5, 0.6) is 0 Å². The van der Waals surface area contributed by atoms with Crippen LogP contribution in [0.25, 0.3) is 5.57 Å². The largest absolute Gasteiger partial charge is 0.374 e. The van der Waals surface area contributed by atoms with E-state index in [2.05, 4.69) is 69.0 Å². The molecule has 3 rings (SSSR count). The first-order chi connectivity index (χ1) is 14.5. The number of likely N-dealkylation sites (tertiary alicyclic amines) is 1. The SMILES string of the molecule is CC/C=C/N=C1\C(=C(/C)N(C)C2CCN(C)CC2)C(c2ccc(Cl)cc2)=CC1CC. The lowest BCUT2D eigenvalue weighted by Gasteiger charge is -2.37. The summed E-state index contributed by atoms with van der Waals surface area (Å²) in [6.07, 6.45) is 11.0. The quantitative estimate of drug-likeness (QED) is 0.523. The maximum Gasteiger partial charge on any atom is 0.0567 e. The predicted octanol–water partition coefficient (Wildman–Crippen LogP) is 6.43. The van der Waals surface area contributed by atoms with E-state index in [0.717, 1.165) is 31.0 Å². The average Bonchev–Trinajstić information content (AvgIpc) is 3.12. The molecule has 0 spiro atoms. The van der Waals surface area contributed by atoms with E-state index in [1.54, 1.807) is 0 Å². The van der Waals surface area contributed by atoms with Gasteiger partial charge < -0.3 is 9.80 Å². The van der Waals surface area contributed by atoms with Crippen molar-refractivity contribution < 1.29 is 0 Å². The molecule has 2 aliphatic rings. The van der Waals surface area contributed by atoms with Crippen molar-refractivity contribution in [2.75, 3.05) is 27.2 Å². The van der Waals surface area contributed by atoms with Crippen molar-refractivity contribution in [3.05, 3.63) is 64.5 Å². The summed E-state index contributed by atoms with van der Waals surface area (Å²) >= 11 is 6.17. The van der Waals surface area contributed by atoms with Gasteiger partial charge in [0.05, 0.1) is 5.71 Å². The third-order valence-corrected chi connectivity index (χ3v) is 6.77. The van der Waals surface area contributed by atoms with Gasteiger partial charge in [-0.2, -0.15) is 0 Å². The van der Waals surface area contributed by atoms with Crippen LogP contribution in [0.1, 0.15) is 52.0 Å². The van der Waals surface area contributed by atoms with Gasteiger partial charge in [-0.15, -0.1) is 0 Å². The molecule has 1 unspecified atom stereocenters. The lowest BCUT2D eigenvalue weighted by Crippen LogP contribution is -2.41. The highest BCUT2D eigenvalue weighted by molar-refractivity contribution is 6.30. The van der Waals surface area contributed by atoms with E-state index >= 15 is 0 Å². The van der Waals surface area contributed by atoms with Crippen LogP contribution in [-0.2, 0) is 0 Å². The average molecular weight is 426 g/mol. The second-order valence-corrected chi connectivity index (χ2v) is 8.95. The van der Waals surface area contributed by atoms with Crippen LogP contribution in [0.3, 0.4) is 0 Å². The Morgan fingerprint density at radius 2 is 1.87 bits per heavy atom. The first kappa shape index (κ1) is 22.8. The summed E-state index contributed by atoms with van der Waals surface area (Å²) in [7, 11) is 4.48. The molecule has 4 heteroatoms. The molecule has 0 amide bonds. The van der Waals surface area contributed by atoms with Crippen molar-refractivity contribution in [3.63, 3.8) is 0 Å². The number of aliphatic imine (C=N–C) groups is 1. The molecule has 1 aliphatic carbocycles. The van der Waals surface area contributed by atoms with E-state index < -0.39 is 0 Å². The van der Waals surface area contributed by atoms with Crippen molar-refractivity contribution in [2.45, 2.75) is 52.5 Å². The van der Waals surface area contributed by atoms with Crippen LogP contribution in [0, 0.1) is 5.92 Å². The zero-order valence-electron chi connectivity index (χ0n) is 19.2.